The fraction of sp³-hybridized carbons (Fsp3) is 0.250. The summed E-state index contributed by atoms with van der Waals surface area (Å²) < 4.78 is 725. The topological polar surface area (TPSA) is 122 Å². The number of nitriles is 1. The molecule has 0 aliphatic rings. The van der Waals surface area contributed by atoms with Crippen LogP contribution in [0.2, 0.25) is 15.1 Å². The highest BCUT2D eigenvalue weighted by Gasteiger charge is 2.03. The number of ketones is 1. The fourth-order valence-electron chi connectivity index (χ4n) is 3.55. The lowest BCUT2D eigenvalue weighted by Crippen LogP contribution is -2.01. The monoisotopic (exact) mass is 2380 g/mol. The molecule has 0 spiro atoms. The van der Waals surface area contributed by atoms with Gasteiger partial charge in [0.05, 0.1) is 19.6 Å². The molecule has 134 heavy (non-hydrogen) atoms. The van der Waals surface area contributed by atoms with E-state index >= 15 is 0 Å². The lowest BCUT2D eigenvalue weighted by molar-refractivity contribution is -0.140. The second-order valence-corrected chi connectivity index (χ2v) is 10.5. The number of anilines is 1. The van der Waals surface area contributed by atoms with E-state index < -0.39 is 0 Å². The first kappa shape index (κ1) is 308. The number of esters is 1. The number of Topliss-reactive ketones (excluding diaryl/α,β-unsaturated/α-hetero) is 1. The summed E-state index contributed by atoms with van der Waals surface area (Å²) in [6.07, 6.45) is 4.09. The van der Waals surface area contributed by atoms with E-state index in [0.29, 0.717) is 41.5 Å². The summed E-state index contributed by atoms with van der Waals surface area (Å²) in [5, 5.41) is 17.2. The second-order valence-electron chi connectivity index (χ2n) is 9.15. The molecule has 0 saturated carbocycles. The van der Waals surface area contributed by atoms with Gasteiger partial charge in [-0.15, -0.1) is 0 Å². The van der Waals surface area contributed by atoms with E-state index in [1.807, 2.05) is 72.8 Å². The molecule has 0 aliphatic carbocycles. The van der Waals surface area contributed by atoms with Gasteiger partial charge in [0.2, 0.25) is 0 Å². The predicted molar refractivity (Wildman–Crippen MR) is 273 cm³/mol. The maximum Gasteiger partial charge on any atom is 0.305 e. The van der Waals surface area contributed by atoms with Gasteiger partial charge in [-0.3, -0.25) is 24.1 Å². The van der Waals surface area contributed by atoms with Gasteiger partial charge in [-0.1, -0.05) is 71.2 Å². The highest BCUT2D eigenvalue weighted by atomic mass is 35.5. The van der Waals surface area contributed by atoms with Gasteiger partial charge < -0.3 is 10.5 Å². The van der Waals surface area contributed by atoms with E-state index in [1.54, 1.807) is 12.1 Å². The molecule has 1 aromatic heterocycles. The number of methoxy groups -OCH3 is 1. The number of carbonyl (C=O) groups is 2. The molecule has 1 heterocycles. The second kappa shape index (κ2) is 951. The number of rotatable bonds is 10. The first-order chi connectivity index (χ1) is 65.2. The third-order valence-electron chi connectivity index (χ3n) is 5.89. The minimum Gasteiger partial charge on any atom is -0.469 e. The van der Waals surface area contributed by atoms with Crippen LogP contribution in [0.15, 0.2) is 78.9 Å². The van der Waals surface area contributed by atoms with Crippen molar-refractivity contribution in [1.29, 1.82) is 5.26 Å². The highest BCUT2D eigenvalue weighted by molar-refractivity contribution is 6.31. The zero-order valence-corrected chi connectivity index (χ0v) is 60.4. The number of carbonyl (C=O) groups excluding carboxylic acids is 2. The SMILES string of the molecule is COC(=O)CCc1ccc(Cl)cc1.F.F.FF.FF.FF.FF.FF.FF.FF.FF.FF.FF.FF.FF.FF.FF.FF.FF.FF.FF.FF.FF.FF.FF.FF.FF.FF.FF.FF.FF.FF.FF.FF.FF.FF.FF.FF.FF.FF.FF.FF.FF.FF.FF.FF.FF.FF.N#CCC(=O)CCc1ccc(Cl)cc1.Nc1cc(CCc2ccc(Cl)cc2)[nH]n1. The number of hydrogen-bond acceptors (Lipinski definition) is 6. The fourth-order valence-corrected chi connectivity index (χ4v) is 3.93. The zero-order chi connectivity index (χ0) is 121. The maximum atomic E-state index is 11.0. The van der Waals surface area contributed by atoms with Gasteiger partial charge >= 0.3 is 5.97 Å². The smallest absolute Gasteiger partial charge is 0.305 e. The molecule has 0 saturated heterocycles. The Hall–Kier alpha value is -10.3. The van der Waals surface area contributed by atoms with Crippen molar-refractivity contribution in [2.45, 2.75) is 44.9 Å². The van der Waals surface area contributed by atoms with Gasteiger partial charge in [-0.05, 0) is 78.8 Å². The number of aromatic nitrogens is 2. The van der Waals surface area contributed by atoms with E-state index in [-0.39, 0.29) is 27.6 Å². The van der Waals surface area contributed by atoms with Crippen molar-refractivity contribution in [3.8, 4) is 6.07 Å². The van der Waals surface area contributed by atoms with Crippen molar-refractivity contribution in [2.75, 3.05) is 12.8 Å². The van der Waals surface area contributed by atoms with E-state index in [9.17, 15) is 9.59 Å². The van der Waals surface area contributed by atoms with Crippen molar-refractivity contribution in [1.82, 2.24) is 10.2 Å². The summed E-state index contributed by atoms with van der Waals surface area (Å²) in [6, 6.07) is 26.4. The van der Waals surface area contributed by atoms with Crippen LogP contribution < -0.4 is 5.73 Å². The molecule has 3 aromatic carbocycles. The third kappa shape index (κ3) is 747. The third-order valence-corrected chi connectivity index (χ3v) is 6.64. The molecular formula is C32H35Cl3F92N4O3. The number of benzene rings is 3. The van der Waals surface area contributed by atoms with Crippen LogP contribution in [0.4, 0.5) is 427 Å². The van der Waals surface area contributed by atoms with Crippen molar-refractivity contribution >= 4 is 52.4 Å². The molecule has 0 bridgehead atoms. The van der Waals surface area contributed by atoms with E-state index in [4.69, 9.17) is 457 Å². The van der Waals surface area contributed by atoms with Gasteiger partial charge in [0.1, 0.15) is 11.6 Å². The normalized spacial score (nSPS) is 5.11. The summed E-state index contributed by atoms with van der Waals surface area (Å²) >= 11 is 17.2. The van der Waals surface area contributed by atoms with Gasteiger partial charge in [0.25, 0.3) is 0 Å². The molecule has 102 heteroatoms. The summed E-state index contributed by atoms with van der Waals surface area (Å²) in [7, 11) is 1.39. The first-order valence-electron chi connectivity index (χ1n) is 19.6. The Morgan fingerprint density at radius 3 is 0.537 bits per heavy atom. The highest BCUT2D eigenvalue weighted by Crippen LogP contribution is 2.14. The van der Waals surface area contributed by atoms with Crippen LogP contribution in [0.5, 0.6) is 0 Å². The Morgan fingerprint density at radius 1 is 0.269 bits per heavy atom. The lowest BCUT2D eigenvalue weighted by atomic mass is 10.1. The number of nitrogens with zero attached hydrogens (tertiary/aromatic N) is 2. The molecule has 0 radical (unpaired) electrons. The Morgan fingerprint density at radius 2 is 0.410 bits per heavy atom. The number of nitrogen functional groups attached to an aromatic ring is 1. The number of hydrogen-bond donors (Lipinski definition) is 2. The largest absolute Gasteiger partial charge is 0.469 e. The quantitative estimate of drug-likeness (QED) is 0.120. The first-order valence-corrected chi connectivity index (χ1v) is 20.7. The van der Waals surface area contributed by atoms with Crippen LogP contribution in [-0.2, 0) is 40.0 Å². The molecule has 4 rings (SSSR count). The standard InChI is InChI=1S/C11H12ClN3.C11H10ClNO.C10H11ClO2.45F2.2FH/c12-9-4-1-8(2-5-9)3-6-10-7-11(13)15-14-10;12-10-4-1-9(2-5-10)3-6-11(14)7-8-13;1-13-10(12)7-4-8-2-5-9(11)6-3-8;45*1-2;;/h1-2,4-5,7H,3,6H2,(H3,13,14,15);1-2,4-5H,3,6-7H2;2-3,5-6H,4,7H2,1H3;;;;;;;;;;;;;;;;;;;;;;;;;;;;;;;;;;;;;;;;;;;;;;2*1H. The molecule has 3 N–H and O–H groups in total. The van der Waals surface area contributed by atoms with Gasteiger partial charge in [-0.25, -0.2) is 0 Å². The Bertz CT molecular complexity index is 1540. The van der Waals surface area contributed by atoms with E-state index in [2.05, 4.69) is 14.9 Å². The number of aromatic amines is 1. The molecular weight excluding hydrogens is 2340 g/mol. The van der Waals surface area contributed by atoms with Crippen molar-refractivity contribution in [3.63, 3.8) is 0 Å². The summed E-state index contributed by atoms with van der Waals surface area (Å²) in [6.45, 7) is 0. The molecule has 866 valence electrons. The van der Waals surface area contributed by atoms with Crippen LogP contribution >= 0.6 is 34.8 Å². The van der Waals surface area contributed by atoms with Gasteiger partial charge in [0.15, 0.2) is 0 Å². The molecule has 0 aliphatic heterocycles. The van der Waals surface area contributed by atoms with Crippen molar-refractivity contribution in [2.24, 2.45) is 0 Å². The van der Waals surface area contributed by atoms with Crippen LogP contribution in [0, 0.1) is 11.3 Å². The Balaban J connectivity index is -0.0000000140. The maximum absolute atomic E-state index is 11.0. The molecule has 7 nitrogen and oxygen atoms in total. The minimum absolute atomic E-state index is 0. The Kier molecular flexibility index (Phi) is 2190. The number of halogens is 95. The number of ether oxygens (including phenoxy) is 1. The summed E-state index contributed by atoms with van der Waals surface area (Å²) in [5.74, 6) is 0.346. The molecule has 0 atom stereocenters. The van der Waals surface area contributed by atoms with Crippen LogP contribution in [0.1, 0.15) is 41.6 Å². The average Bonchev–Trinajstić information content (AvgIpc) is 1.73. The summed E-state index contributed by atoms with van der Waals surface area (Å²) in [4.78, 5) is 21.8. The Labute approximate surface area is 684 Å². The minimum atomic E-state index is -0.185. The number of aryl methyl sites for hydroxylation is 4. The van der Waals surface area contributed by atoms with Crippen LogP contribution in [0.3, 0.4) is 0 Å². The van der Waals surface area contributed by atoms with Gasteiger partial charge in [0, 0.05) is 451 Å². The predicted octanol–water partition coefficient (Wildman–Crippen LogP) is 45.8. The molecule has 0 unspecified atom stereocenters. The van der Waals surface area contributed by atoms with Crippen LogP contribution in [0.25, 0.3) is 0 Å². The van der Waals surface area contributed by atoms with E-state index in [1.165, 1.54) is 12.7 Å². The molecule has 0 amide bonds. The number of H-pyrrole nitrogens is 1. The average molecular weight is 2380 g/mol. The number of nitrogens with two attached hydrogens (primary N) is 1. The molecule has 0 fully saturated rings. The van der Waals surface area contributed by atoms with Crippen molar-refractivity contribution in [3.05, 3.63) is 116 Å². The zero-order valence-electron chi connectivity index (χ0n) is 58.1. The summed E-state index contributed by atoms with van der Waals surface area (Å²) in [5.41, 5.74) is 9.98. The van der Waals surface area contributed by atoms with Gasteiger partial charge in [-0.2, -0.15) is 10.4 Å². The van der Waals surface area contributed by atoms with E-state index in [0.717, 1.165) is 34.7 Å². The lowest BCUT2D eigenvalue weighted by Gasteiger charge is -1.99. The van der Waals surface area contributed by atoms with Crippen LogP contribution in [-0.4, -0.2) is 29.1 Å². The molecule has 4 aromatic rings. The number of nitrogens with one attached hydrogen (secondary N) is 1. The van der Waals surface area contributed by atoms with Crippen molar-refractivity contribution < 1.29 is 435 Å².